The number of carbonyl (C=O) groups excluding carboxylic acids is 1. The number of hydrogen-bond acceptors (Lipinski definition) is 2. The number of hydrogen-bond donors (Lipinski definition) is 1. The van der Waals surface area contributed by atoms with Crippen LogP contribution in [0.25, 0.3) is 0 Å². The van der Waals surface area contributed by atoms with Crippen LogP contribution in [-0.2, 0) is 6.54 Å². The maximum atomic E-state index is 12.1. The van der Waals surface area contributed by atoms with E-state index in [1.54, 1.807) is 4.68 Å². The van der Waals surface area contributed by atoms with Crippen molar-refractivity contribution in [3.63, 3.8) is 0 Å². The van der Waals surface area contributed by atoms with Crippen LogP contribution in [0.3, 0.4) is 0 Å². The Morgan fingerprint density at radius 2 is 2.28 bits per heavy atom. The summed E-state index contributed by atoms with van der Waals surface area (Å²) in [7, 11) is 0. The SMILES string of the molecule is CCC(CCBr)CNC(=O)c1cc(C)nn1CC. The van der Waals surface area contributed by atoms with Gasteiger partial charge in [0.25, 0.3) is 5.91 Å². The van der Waals surface area contributed by atoms with Crippen LogP contribution in [0.4, 0.5) is 0 Å². The predicted octanol–water partition coefficient (Wildman–Crippen LogP) is 2.75. The van der Waals surface area contributed by atoms with E-state index in [2.05, 4.69) is 33.3 Å². The van der Waals surface area contributed by atoms with E-state index in [0.717, 1.165) is 37.0 Å². The van der Waals surface area contributed by atoms with Crippen molar-refractivity contribution in [1.82, 2.24) is 15.1 Å². The van der Waals surface area contributed by atoms with E-state index in [-0.39, 0.29) is 5.91 Å². The first-order chi connectivity index (χ1) is 8.62. The lowest BCUT2D eigenvalue weighted by molar-refractivity contribution is 0.0936. The second-order valence-corrected chi connectivity index (χ2v) is 5.24. The highest BCUT2D eigenvalue weighted by molar-refractivity contribution is 9.09. The molecule has 1 unspecified atom stereocenters. The average molecular weight is 316 g/mol. The quantitative estimate of drug-likeness (QED) is 0.786. The van der Waals surface area contributed by atoms with E-state index in [9.17, 15) is 4.79 Å². The smallest absolute Gasteiger partial charge is 0.269 e. The van der Waals surface area contributed by atoms with Gasteiger partial charge in [0.1, 0.15) is 5.69 Å². The van der Waals surface area contributed by atoms with Crippen LogP contribution >= 0.6 is 15.9 Å². The number of nitrogens with one attached hydrogen (secondary N) is 1. The van der Waals surface area contributed by atoms with Gasteiger partial charge >= 0.3 is 0 Å². The first-order valence-electron chi connectivity index (χ1n) is 6.50. The molecule has 0 saturated heterocycles. The van der Waals surface area contributed by atoms with Crippen molar-refractivity contribution in [3.05, 3.63) is 17.5 Å². The molecular formula is C13H22BrN3O. The first-order valence-corrected chi connectivity index (χ1v) is 7.63. The van der Waals surface area contributed by atoms with Gasteiger partial charge in [0.15, 0.2) is 0 Å². The van der Waals surface area contributed by atoms with Crippen molar-refractivity contribution in [1.29, 1.82) is 0 Å². The Morgan fingerprint density at radius 1 is 1.56 bits per heavy atom. The Balaban J connectivity index is 2.59. The molecule has 0 fully saturated rings. The van der Waals surface area contributed by atoms with E-state index >= 15 is 0 Å². The van der Waals surface area contributed by atoms with E-state index in [0.29, 0.717) is 11.6 Å². The fourth-order valence-corrected chi connectivity index (χ4v) is 2.55. The molecule has 5 heteroatoms. The van der Waals surface area contributed by atoms with Crippen LogP contribution in [-0.4, -0.2) is 27.6 Å². The number of carbonyl (C=O) groups is 1. The Bertz CT molecular complexity index is 390. The molecule has 0 bridgehead atoms. The van der Waals surface area contributed by atoms with Crippen LogP contribution in [0.2, 0.25) is 0 Å². The highest BCUT2D eigenvalue weighted by atomic mass is 79.9. The normalized spacial score (nSPS) is 12.4. The van der Waals surface area contributed by atoms with Gasteiger partial charge in [0.2, 0.25) is 0 Å². The molecule has 1 amide bonds. The van der Waals surface area contributed by atoms with Gasteiger partial charge in [0, 0.05) is 18.4 Å². The van der Waals surface area contributed by atoms with Crippen molar-refractivity contribution < 1.29 is 4.79 Å². The maximum absolute atomic E-state index is 12.1. The fraction of sp³-hybridized carbons (Fsp3) is 0.692. The molecule has 102 valence electrons. The standard InChI is InChI=1S/C13H22BrN3O/c1-4-11(6-7-14)9-15-13(18)12-8-10(3)16-17(12)5-2/h8,11H,4-7,9H2,1-3H3,(H,15,18). The Labute approximate surface area is 117 Å². The van der Waals surface area contributed by atoms with Crippen LogP contribution in [0, 0.1) is 12.8 Å². The van der Waals surface area contributed by atoms with Gasteiger partial charge in [-0.05, 0) is 32.3 Å². The second-order valence-electron chi connectivity index (χ2n) is 4.45. The molecule has 0 radical (unpaired) electrons. The first kappa shape index (κ1) is 15.2. The highest BCUT2D eigenvalue weighted by Crippen LogP contribution is 2.09. The van der Waals surface area contributed by atoms with Crippen molar-refractivity contribution in [3.8, 4) is 0 Å². The molecule has 0 aliphatic rings. The molecule has 18 heavy (non-hydrogen) atoms. The summed E-state index contributed by atoms with van der Waals surface area (Å²) in [6.07, 6.45) is 2.17. The van der Waals surface area contributed by atoms with Crippen molar-refractivity contribution in [2.24, 2.45) is 5.92 Å². The van der Waals surface area contributed by atoms with E-state index < -0.39 is 0 Å². The summed E-state index contributed by atoms with van der Waals surface area (Å²) < 4.78 is 1.75. The molecular weight excluding hydrogens is 294 g/mol. The molecule has 0 aliphatic carbocycles. The third-order valence-electron chi connectivity index (χ3n) is 3.08. The largest absolute Gasteiger partial charge is 0.350 e. The summed E-state index contributed by atoms with van der Waals surface area (Å²) >= 11 is 3.44. The van der Waals surface area contributed by atoms with Crippen LogP contribution in [0.1, 0.15) is 42.9 Å². The lowest BCUT2D eigenvalue weighted by atomic mass is 10.0. The lowest BCUT2D eigenvalue weighted by Crippen LogP contribution is -2.31. The van der Waals surface area contributed by atoms with E-state index in [4.69, 9.17) is 0 Å². The number of aromatic nitrogens is 2. The van der Waals surface area contributed by atoms with Gasteiger partial charge < -0.3 is 5.32 Å². The van der Waals surface area contributed by atoms with Gasteiger partial charge in [-0.1, -0.05) is 29.3 Å². The Morgan fingerprint density at radius 3 is 2.83 bits per heavy atom. The molecule has 0 saturated carbocycles. The number of halogens is 1. The molecule has 0 spiro atoms. The molecule has 1 aromatic rings. The van der Waals surface area contributed by atoms with Gasteiger partial charge in [-0.2, -0.15) is 5.10 Å². The average Bonchev–Trinajstić information content (AvgIpc) is 2.75. The maximum Gasteiger partial charge on any atom is 0.269 e. The predicted molar refractivity (Wildman–Crippen MR) is 77.2 cm³/mol. The molecule has 1 aromatic heterocycles. The third-order valence-corrected chi connectivity index (χ3v) is 3.54. The van der Waals surface area contributed by atoms with Gasteiger partial charge in [-0.3, -0.25) is 9.48 Å². The zero-order valence-corrected chi connectivity index (χ0v) is 13.0. The summed E-state index contributed by atoms with van der Waals surface area (Å²) in [6, 6.07) is 1.84. The topological polar surface area (TPSA) is 46.9 Å². The zero-order valence-electron chi connectivity index (χ0n) is 11.4. The minimum atomic E-state index is -0.0227. The number of rotatable bonds is 7. The van der Waals surface area contributed by atoms with E-state index in [1.807, 2.05) is 19.9 Å². The monoisotopic (exact) mass is 315 g/mol. The lowest BCUT2D eigenvalue weighted by Gasteiger charge is -2.14. The minimum Gasteiger partial charge on any atom is -0.350 e. The summed E-state index contributed by atoms with van der Waals surface area (Å²) in [4.78, 5) is 12.1. The van der Waals surface area contributed by atoms with Crippen LogP contribution in [0.15, 0.2) is 6.07 Å². The molecule has 1 rings (SSSR count). The minimum absolute atomic E-state index is 0.0227. The number of aryl methyl sites for hydroxylation is 2. The molecule has 0 aromatic carbocycles. The summed E-state index contributed by atoms with van der Waals surface area (Å²) in [5.41, 5.74) is 1.54. The van der Waals surface area contributed by atoms with Crippen molar-refractivity contribution >= 4 is 21.8 Å². The van der Waals surface area contributed by atoms with Crippen molar-refractivity contribution in [2.75, 3.05) is 11.9 Å². The highest BCUT2D eigenvalue weighted by Gasteiger charge is 2.14. The summed E-state index contributed by atoms with van der Waals surface area (Å²) in [5.74, 6) is 0.512. The van der Waals surface area contributed by atoms with Gasteiger partial charge in [-0.25, -0.2) is 0 Å². The van der Waals surface area contributed by atoms with Crippen LogP contribution < -0.4 is 5.32 Å². The number of nitrogens with zero attached hydrogens (tertiary/aromatic N) is 2. The molecule has 1 atom stereocenters. The Kier molecular flexibility index (Phi) is 6.39. The van der Waals surface area contributed by atoms with Crippen molar-refractivity contribution in [2.45, 2.75) is 40.2 Å². The zero-order chi connectivity index (χ0) is 13.5. The Hall–Kier alpha value is -0.840. The third kappa shape index (κ3) is 4.12. The fourth-order valence-electron chi connectivity index (χ4n) is 1.90. The van der Waals surface area contributed by atoms with E-state index in [1.165, 1.54) is 0 Å². The van der Waals surface area contributed by atoms with Gasteiger partial charge in [-0.15, -0.1) is 0 Å². The second kappa shape index (κ2) is 7.56. The van der Waals surface area contributed by atoms with Gasteiger partial charge in [0.05, 0.1) is 5.69 Å². The number of alkyl halides is 1. The molecule has 4 nitrogen and oxygen atoms in total. The summed E-state index contributed by atoms with van der Waals surface area (Å²) in [5, 5.41) is 8.26. The molecule has 1 heterocycles. The molecule has 0 aliphatic heterocycles. The van der Waals surface area contributed by atoms with Crippen LogP contribution in [0.5, 0.6) is 0 Å². The number of amides is 1. The summed E-state index contributed by atoms with van der Waals surface area (Å²) in [6.45, 7) is 7.50. The molecule has 1 N–H and O–H groups in total.